The van der Waals surface area contributed by atoms with Crippen molar-refractivity contribution in [3.8, 4) is 5.75 Å². The number of benzene rings is 2. The van der Waals surface area contributed by atoms with Gasteiger partial charge in [-0.2, -0.15) is 4.31 Å². The number of hydrogen-bond donors (Lipinski definition) is 1. The van der Waals surface area contributed by atoms with Gasteiger partial charge < -0.3 is 10.1 Å². The zero-order valence-electron chi connectivity index (χ0n) is 14.3. The molecule has 0 aliphatic carbocycles. The SMILES string of the molecule is C[C@@H](COc1ccccc1)NC(=O)CN(C)S(=O)(=O)c1ccccc1. The van der Waals surface area contributed by atoms with Crippen LogP contribution >= 0.6 is 0 Å². The Kier molecular flexibility index (Phi) is 6.55. The van der Waals surface area contributed by atoms with Crippen molar-refractivity contribution in [2.24, 2.45) is 0 Å². The van der Waals surface area contributed by atoms with Crippen molar-refractivity contribution in [1.29, 1.82) is 0 Å². The highest BCUT2D eigenvalue weighted by Gasteiger charge is 2.23. The van der Waals surface area contributed by atoms with Gasteiger partial charge in [-0.3, -0.25) is 4.79 Å². The van der Waals surface area contributed by atoms with E-state index in [1.165, 1.54) is 19.2 Å². The molecular weight excluding hydrogens is 340 g/mol. The van der Waals surface area contributed by atoms with Crippen LogP contribution in [-0.2, 0) is 14.8 Å². The van der Waals surface area contributed by atoms with Crippen molar-refractivity contribution in [1.82, 2.24) is 9.62 Å². The second-order valence-electron chi connectivity index (χ2n) is 5.67. The predicted octanol–water partition coefficient (Wildman–Crippen LogP) is 1.89. The number of para-hydroxylation sites is 1. The maximum absolute atomic E-state index is 12.4. The Morgan fingerprint density at radius 1 is 1.08 bits per heavy atom. The summed E-state index contributed by atoms with van der Waals surface area (Å²) < 4.78 is 31.4. The quantitative estimate of drug-likeness (QED) is 0.778. The number of amides is 1. The van der Waals surface area contributed by atoms with Gasteiger partial charge in [0.25, 0.3) is 0 Å². The first-order chi connectivity index (χ1) is 11.9. The molecule has 25 heavy (non-hydrogen) atoms. The molecule has 0 fully saturated rings. The first kappa shape index (κ1) is 19.0. The second kappa shape index (κ2) is 8.64. The molecule has 0 aromatic heterocycles. The molecule has 7 heteroatoms. The minimum absolute atomic E-state index is 0.158. The Hall–Kier alpha value is -2.38. The monoisotopic (exact) mass is 362 g/mol. The van der Waals surface area contributed by atoms with Crippen LogP contribution in [0.2, 0.25) is 0 Å². The Morgan fingerprint density at radius 3 is 2.24 bits per heavy atom. The number of nitrogens with one attached hydrogen (secondary N) is 1. The standard InChI is InChI=1S/C18H22N2O4S/c1-15(14-24-16-9-5-3-6-10-16)19-18(21)13-20(2)25(22,23)17-11-7-4-8-12-17/h3-12,15H,13-14H2,1-2H3,(H,19,21)/t15-/m0/s1. The molecule has 1 amide bonds. The van der Waals surface area contributed by atoms with Gasteiger partial charge >= 0.3 is 0 Å². The van der Waals surface area contributed by atoms with Gasteiger partial charge in [0.2, 0.25) is 15.9 Å². The molecule has 0 bridgehead atoms. The van der Waals surface area contributed by atoms with E-state index in [0.29, 0.717) is 12.4 Å². The van der Waals surface area contributed by atoms with Gasteiger partial charge in [0.1, 0.15) is 12.4 Å². The third kappa shape index (κ3) is 5.58. The van der Waals surface area contributed by atoms with Crippen molar-refractivity contribution in [3.63, 3.8) is 0 Å². The van der Waals surface area contributed by atoms with Gasteiger partial charge in [0.05, 0.1) is 17.5 Å². The summed E-state index contributed by atoms with van der Waals surface area (Å²) in [4.78, 5) is 12.2. The number of hydrogen-bond acceptors (Lipinski definition) is 4. The van der Waals surface area contributed by atoms with E-state index in [4.69, 9.17) is 4.74 Å². The maximum Gasteiger partial charge on any atom is 0.243 e. The van der Waals surface area contributed by atoms with Gasteiger partial charge in [-0.1, -0.05) is 36.4 Å². The highest BCUT2D eigenvalue weighted by atomic mass is 32.2. The fraction of sp³-hybridized carbons (Fsp3) is 0.278. The number of carbonyl (C=O) groups excluding carboxylic acids is 1. The molecule has 0 unspecified atom stereocenters. The fourth-order valence-electron chi connectivity index (χ4n) is 2.16. The summed E-state index contributed by atoms with van der Waals surface area (Å²) in [5.74, 6) is 0.332. The molecule has 1 N–H and O–H groups in total. The van der Waals surface area contributed by atoms with Crippen LogP contribution in [0.4, 0.5) is 0 Å². The number of sulfonamides is 1. The van der Waals surface area contributed by atoms with Crippen molar-refractivity contribution in [2.45, 2.75) is 17.9 Å². The van der Waals surface area contributed by atoms with Crippen LogP contribution in [0, 0.1) is 0 Å². The van der Waals surface area contributed by atoms with E-state index < -0.39 is 10.0 Å². The summed E-state index contributed by atoms with van der Waals surface area (Å²) >= 11 is 0. The van der Waals surface area contributed by atoms with Crippen LogP contribution in [0.1, 0.15) is 6.92 Å². The van der Waals surface area contributed by atoms with E-state index in [1.54, 1.807) is 25.1 Å². The molecule has 0 aliphatic heterocycles. The van der Waals surface area contributed by atoms with E-state index in [1.807, 2.05) is 30.3 Å². The number of carbonyl (C=O) groups is 1. The predicted molar refractivity (Wildman–Crippen MR) is 95.8 cm³/mol. The fourth-order valence-corrected chi connectivity index (χ4v) is 3.31. The number of rotatable bonds is 8. The number of nitrogens with zero attached hydrogens (tertiary/aromatic N) is 1. The van der Waals surface area contributed by atoms with Crippen LogP contribution in [0.25, 0.3) is 0 Å². The summed E-state index contributed by atoms with van der Waals surface area (Å²) in [7, 11) is -2.30. The van der Waals surface area contributed by atoms with Crippen LogP contribution in [-0.4, -0.2) is 44.9 Å². The lowest BCUT2D eigenvalue weighted by Crippen LogP contribution is -2.43. The van der Waals surface area contributed by atoms with Gasteiger partial charge in [-0.15, -0.1) is 0 Å². The summed E-state index contributed by atoms with van der Waals surface area (Å²) in [6.07, 6.45) is 0. The van der Waals surface area contributed by atoms with Crippen LogP contribution in [0.3, 0.4) is 0 Å². The minimum atomic E-state index is -3.68. The molecule has 0 saturated heterocycles. The lowest BCUT2D eigenvalue weighted by atomic mass is 10.3. The lowest BCUT2D eigenvalue weighted by molar-refractivity contribution is -0.121. The third-order valence-electron chi connectivity index (χ3n) is 3.47. The molecule has 2 rings (SSSR count). The first-order valence-corrected chi connectivity index (χ1v) is 9.32. The molecule has 2 aromatic carbocycles. The molecule has 6 nitrogen and oxygen atoms in total. The summed E-state index contributed by atoms with van der Waals surface area (Å²) in [5.41, 5.74) is 0. The van der Waals surface area contributed by atoms with Gasteiger partial charge in [0, 0.05) is 7.05 Å². The van der Waals surface area contributed by atoms with Gasteiger partial charge in [-0.05, 0) is 31.2 Å². The molecule has 0 radical (unpaired) electrons. The molecule has 0 spiro atoms. The van der Waals surface area contributed by atoms with Crippen molar-refractivity contribution < 1.29 is 17.9 Å². The Labute approximate surface area is 148 Å². The number of likely N-dealkylation sites (N-methyl/N-ethyl adjacent to an activating group) is 1. The zero-order chi connectivity index (χ0) is 18.3. The number of ether oxygens (including phenoxy) is 1. The van der Waals surface area contributed by atoms with E-state index in [9.17, 15) is 13.2 Å². The van der Waals surface area contributed by atoms with Crippen molar-refractivity contribution in [3.05, 3.63) is 60.7 Å². The molecule has 0 aliphatic rings. The largest absolute Gasteiger partial charge is 0.491 e. The zero-order valence-corrected chi connectivity index (χ0v) is 15.1. The average molecular weight is 362 g/mol. The molecular formula is C18H22N2O4S. The molecule has 0 heterocycles. The third-order valence-corrected chi connectivity index (χ3v) is 5.29. The molecule has 2 aromatic rings. The van der Waals surface area contributed by atoms with Gasteiger partial charge in [0.15, 0.2) is 0 Å². The minimum Gasteiger partial charge on any atom is -0.491 e. The Morgan fingerprint density at radius 2 is 1.64 bits per heavy atom. The highest BCUT2D eigenvalue weighted by molar-refractivity contribution is 7.89. The highest BCUT2D eigenvalue weighted by Crippen LogP contribution is 2.13. The van der Waals surface area contributed by atoms with Crippen LogP contribution in [0.15, 0.2) is 65.6 Å². The van der Waals surface area contributed by atoms with Crippen LogP contribution in [0.5, 0.6) is 5.75 Å². The lowest BCUT2D eigenvalue weighted by Gasteiger charge is -2.19. The maximum atomic E-state index is 12.4. The molecule has 0 saturated carbocycles. The van der Waals surface area contributed by atoms with E-state index in [2.05, 4.69) is 5.32 Å². The van der Waals surface area contributed by atoms with Crippen LogP contribution < -0.4 is 10.1 Å². The van der Waals surface area contributed by atoms with Gasteiger partial charge in [-0.25, -0.2) is 8.42 Å². The first-order valence-electron chi connectivity index (χ1n) is 7.88. The normalized spacial score (nSPS) is 12.6. The smallest absolute Gasteiger partial charge is 0.243 e. The Balaban J connectivity index is 1.84. The average Bonchev–Trinajstić information content (AvgIpc) is 2.61. The van der Waals surface area contributed by atoms with E-state index >= 15 is 0 Å². The summed E-state index contributed by atoms with van der Waals surface area (Å²) in [5, 5.41) is 2.73. The summed E-state index contributed by atoms with van der Waals surface area (Å²) in [6, 6.07) is 17.0. The van der Waals surface area contributed by atoms with E-state index in [0.717, 1.165) is 4.31 Å². The molecule has 1 atom stereocenters. The molecule has 134 valence electrons. The van der Waals surface area contributed by atoms with E-state index in [-0.39, 0.29) is 23.4 Å². The van der Waals surface area contributed by atoms with Crippen molar-refractivity contribution >= 4 is 15.9 Å². The summed E-state index contributed by atoms with van der Waals surface area (Å²) in [6.45, 7) is 1.84. The van der Waals surface area contributed by atoms with Crippen molar-refractivity contribution in [2.75, 3.05) is 20.2 Å². The topological polar surface area (TPSA) is 75.7 Å². The second-order valence-corrected chi connectivity index (χ2v) is 7.71. The Bertz CT molecular complexity index is 779.